The molecule has 0 radical (unpaired) electrons. The molecule has 5 heteroatoms. The molecule has 1 aromatic carbocycles. The second-order valence-corrected chi connectivity index (χ2v) is 4.29. The summed E-state index contributed by atoms with van der Waals surface area (Å²) in [5.41, 5.74) is 1.73. The van der Waals surface area contributed by atoms with Crippen molar-refractivity contribution >= 4 is 11.5 Å². The Kier molecular flexibility index (Phi) is 6.22. The van der Waals surface area contributed by atoms with Gasteiger partial charge in [0.05, 0.1) is 30.7 Å². The molecule has 0 amide bonds. The summed E-state index contributed by atoms with van der Waals surface area (Å²) in [6.07, 6.45) is 0.345. The third-order valence-electron chi connectivity index (χ3n) is 2.91. The van der Waals surface area contributed by atoms with Crippen LogP contribution in [-0.2, 0) is 4.74 Å². The molecule has 0 spiro atoms. The normalized spacial score (nSPS) is 9.60. The molecule has 5 nitrogen and oxygen atoms in total. The molecule has 0 atom stereocenters. The van der Waals surface area contributed by atoms with E-state index in [9.17, 15) is 4.79 Å². The van der Waals surface area contributed by atoms with E-state index in [4.69, 9.17) is 15.3 Å². The highest BCUT2D eigenvalue weighted by Gasteiger charge is 2.15. The summed E-state index contributed by atoms with van der Waals surface area (Å²) < 4.78 is 5.06. The molecule has 0 aromatic heterocycles. The number of nitriles is 2. The van der Waals surface area contributed by atoms with Gasteiger partial charge >= 0.3 is 0 Å². The lowest BCUT2D eigenvalue weighted by atomic mass is 10.0. The molecule has 0 saturated carbocycles. The van der Waals surface area contributed by atoms with Gasteiger partial charge in [0.25, 0.3) is 0 Å². The number of anilines is 1. The summed E-state index contributed by atoms with van der Waals surface area (Å²) in [6.45, 7) is 3.03. The standard InChI is InChI=1S/C15H17N3O2/c1-12(19)14-5-4-13(11-17)10-15(14)18(7-3-6-16)8-9-20-2/h4-5,10H,3,7-9H2,1-2H3. The third-order valence-corrected chi connectivity index (χ3v) is 2.91. The van der Waals surface area contributed by atoms with Crippen molar-refractivity contribution in [3.8, 4) is 12.1 Å². The highest BCUT2D eigenvalue weighted by molar-refractivity contribution is 6.00. The molecular weight excluding hydrogens is 254 g/mol. The van der Waals surface area contributed by atoms with Crippen LogP contribution in [0, 0.1) is 22.7 Å². The molecular formula is C15H17N3O2. The van der Waals surface area contributed by atoms with E-state index in [0.29, 0.717) is 42.9 Å². The van der Waals surface area contributed by atoms with Gasteiger partial charge in [-0.3, -0.25) is 4.79 Å². The topological polar surface area (TPSA) is 77.1 Å². The number of ether oxygens (including phenoxy) is 1. The van der Waals surface area contributed by atoms with Crippen molar-refractivity contribution in [1.82, 2.24) is 0 Å². The van der Waals surface area contributed by atoms with Crippen molar-refractivity contribution in [2.75, 3.05) is 31.7 Å². The zero-order valence-corrected chi connectivity index (χ0v) is 11.7. The number of hydrogen-bond donors (Lipinski definition) is 0. The lowest BCUT2D eigenvalue weighted by molar-refractivity contribution is 0.101. The molecule has 0 N–H and O–H groups in total. The van der Waals surface area contributed by atoms with Crippen LogP contribution in [0.3, 0.4) is 0 Å². The first kappa shape index (κ1) is 15.7. The minimum absolute atomic E-state index is 0.0659. The van der Waals surface area contributed by atoms with Crippen molar-refractivity contribution < 1.29 is 9.53 Å². The number of carbonyl (C=O) groups is 1. The number of methoxy groups -OCH3 is 1. The summed E-state index contributed by atoms with van der Waals surface area (Å²) in [4.78, 5) is 13.6. The largest absolute Gasteiger partial charge is 0.383 e. The van der Waals surface area contributed by atoms with E-state index in [1.807, 2.05) is 4.90 Å². The highest BCUT2D eigenvalue weighted by Crippen LogP contribution is 2.23. The second kappa shape index (κ2) is 7.93. The van der Waals surface area contributed by atoms with Crippen LogP contribution in [0.1, 0.15) is 29.3 Å². The maximum absolute atomic E-state index is 11.7. The Morgan fingerprint density at radius 1 is 1.35 bits per heavy atom. The van der Waals surface area contributed by atoms with Gasteiger partial charge in [-0.15, -0.1) is 0 Å². The van der Waals surface area contributed by atoms with Crippen molar-refractivity contribution in [3.05, 3.63) is 29.3 Å². The predicted octanol–water partition coefficient (Wildman–Crippen LogP) is 2.13. The zero-order chi connectivity index (χ0) is 15.0. The first-order chi connectivity index (χ1) is 9.63. The average Bonchev–Trinajstić information content (AvgIpc) is 2.46. The minimum atomic E-state index is -0.0659. The van der Waals surface area contributed by atoms with E-state index in [-0.39, 0.29) is 5.78 Å². The van der Waals surface area contributed by atoms with Crippen LogP contribution in [0.5, 0.6) is 0 Å². The van der Waals surface area contributed by atoms with Gasteiger partial charge in [-0.05, 0) is 25.1 Å². The molecule has 0 aliphatic carbocycles. The fourth-order valence-corrected chi connectivity index (χ4v) is 1.90. The Labute approximate surface area is 119 Å². The molecule has 1 aromatic rings. The molecule has 104 valence electrons. The molecule has 0 saturated heterocycles. The summed E-state index contributed by atoms with van der Waals surface area (Å²) in [7, 11) is 1.60. The summed E-state index contributed by atoms with van der Waals surface area (Å²) in [6, 6.07) is 9.12. The average molecular weight is 271 g/mol. The van der Waals surface area contributed by atoms with E-state index in [0.717, 1.165) is 0 Å². The molecule has 0 aliphatic heterocycles. The van der Waals surface area contributed by atoms with Crippen LogP contribution in [0.2, 0.25) is 0 Å². The van der Waals surface area contributed by atoms with Gasteiger partial charge < -0.3 is 9.64 Å². The van der Waals surface area contributed by atoms with Crippen LogP contribution in [0.4, 0.5) is 5.69 Å². The van der Waals surface area contributed by atoms with E-state index >= 15 is 0 Å². The predicted molar refractivity (Wildman–Crippen MR) is 75.5 cm³/mol. The third kappa shape index (κ3) is 4.08. The molecule has 0 unspecified atom stereocenters. The van der Waals surface area contributed by atoms with Crippen LogP contribution in [0.25, 0.3) is 0 Å². The monoisotopic (exact) mass is 271 g/mol. The Balaban J connectivity index is 3.17. The van der Waals surface area contributed by atoms with Crippen LogP contribution in [0.15, 0.2) is 18.2 Å². The molecule has 0 heterocycles. The molecule has 1 rings (SSSR count). The van der Waals surface area contributed by atoms with Gasteiger partial charge in [0.1, 0.15) is 0 Å². The van der Waals surface area contributed by atoms with Gasteiger partial charge in [-0.25, -0.2) is 0 Å². The van der Waals surface area contributed by atoms with Crippen LogP contribution in [-0.4, -0.2) is 32.6 Å². The van der Waals surface area contributed by atoms with Gasteiger partial charge in [-0.2, -0.15) is 10.5 Å². The van der Waals surface area contributed by atoms with E-state index in [1.165, 1.54) is 6.92 Å². The lowest BCUT2D eigenvalue weighted by Gasteiger charge is -2.25. The van der Waals surface area contributed by atoms with Crippen LogP contribution < -0.4 is 4.90 Å². The number of carbonyl (C=O) groups excluding carboxylic acids is 1. The Morgan fingerprint density at radius 2 is 2.10 bits per heavy atom. The number of rotatable bonds is 7. The van der Waals surface area contributed by atoms with Crippen molar-refractivity contribution in [2.45, 2.75) is 13.3 Å². The number of ketones is 1. The van der Waals surface area contributed by atoms with Crippen LogP contribution >= 0.6 is 0 Å². The summed E-state index contributed by atoms with van der Waals surface area (Å²) in [5.74, 6) is -0.0659. The molecule has 0 bridgehead atoms. The first-order valence-electron chi connectivity index (χ1n) is 6.30. The quantitative estimate of drug-likeness (QED) is 0.710. The first-order valence-corrected chi connectivity index (χ1v) is 6.30. The highest BCUT2D eigenvalue weighted by atomic mass is 16.5. The van der Waals surface area contributed by atoms with Crippen molar-refractivity contribution in [1.29, 1.82) is 10.5 Å². The molecule has 0 fully saturated rings. The van der Waals surface area contributed by atoms with Gasteiger partial charge in [0.2, 0.25) is 0 Å². The maximum Gasteiger partial charge on any atom is 0.161 e. The fraction of sp³-hybridized carbons (Fsp3) is 0.400. The minimum Gasteiger partial charge on any atom is -0.383 e. The summed E-state index contributed by atoms with van der Waals surface area (Å²) >= 11 is 0. The number of Topliss-reactive ketones (excluding diaryl/α,β-unsaturated/α-hetero) is 1. The van der Waals surface area contributed by atoms with Gasteiger partial charge in [0.15, 0.2) is 5.78 Å². The second-order valence-electron chi connectivity index (χ2n) is 4.29. The Bertz CT molecular complexity index is 555. The number of nitrogens with zero attached hydrogens (tertiary/aromatic N) is 3. The van der Waals surface area contributed by atoms with E-state index in [2.05, 4.69) is 12.1 Å². The Hall–Kier alpha value is -2.37. The smallest absolute Gasteiger partial charge is 0.161 e. The maximum atomic E-state index is 11.7. The summed E-state index contributed by atoms with van der Waals surface area (Å²) in [5, 5.41) is 17.7. The van der Waals surface area contributed by atoms with Gasteiger partial charge in [0, 0.05) is 31.5 Å². The van der Waals surface area contributed by atoms with E-state index < -0.39 is 0 Å². The lowest BCUT2D eigenvalue weighted by Crippen LogP contribution is -2.29. The van der Waals surface area contributed by atoms with Crippen molar-refractivity contribution in [2.24, 2.45) is 0 Å². The van der Waals surface area contributed by atoms with Gasteiger partial charge in [-0.1, -0.05) is 0 Å². The number of benzene rings is 1. The Morgan fingerprint density at radius 3 is 2.65 bits per heavy atom. The molecule has 20 heavy (non-hydrogen) atoms. The van der Waals surface area contributed by atoms with E-state index in [1.54, 1.807) is 25.3 Å². The zero-order valence-electron chi connectivity index (χ0n) is 11.7. The SMILES string of the molecule is COCCN(CCC#N)c1cc(C#N)ccc1C(C)=O. The fourth-order valence-electron chi connectivity index (χ4n) is 1.90. The van der Waals surface area contributed by atoms with Crippen molar-refractivity contribution in [3.63, 3.8) is 0 Å². The molecule has 0 aliphatic rings. The number of hydrogen-bond acceptors (Lipinski definition) is 5.